The minimum absolute atomic E-state index is 0.0132. The van der Waals surface area contributed by atoms with E-state index in [1.807, 2.05) is 6.07 Å². The Hall–Kier alpha value is -2.03. The SMILES string of the molecule is COC(=O)C(C#N)=C1CCCN(C(=O)OC(C)(C)C)C1. The molecule has 1 aliphatic heterocycles. The second-order valence-corrected chi connectivity index (χ2v) is 5.59. The number of hydrogen-bond acceptors (Lipinski definition) is 5. The zero-order valence-corrected chi connectivity index (χ0v) is 12.4. The summed E-state index contributed by atoms with van der Waals surface area (Å²) in [6.45, 7) is 6.16. The molecule has 0 radical (unpaired) electrons. The van der Waals surface area contributed by atoms with E-state index >= 15 is 0 Å². The summed E-state index contributed by atoms with van der Waals surface area (Å²) in [6, 6.07) is 1.86. The lowest BCUT2D eigenvalue weighted by Gasteiger charge is -2.31. The number of nitriles is 1. The monoisotopic (exact) mass is 280 g/mol. The molecule has 0 bridgehead atoms. The number of piperidine rings is 1. The molecule has 1 heterocycles. The van der Waals surface area contributed by atoms with Crippen LogP contribution in [0.4, 0.5) is 4.79 Å². The first kappa shape index (κ1) is 16.0. The highest BCUT2D eigenvalue weighted by atomic mass is 16.6. The molecule has 6 nitrogen and oxygen atoms in total. The smallest absolute Gasteiger partial charge is 0.410 e. The van der Waals surface area contributed by atoms with Crippen LogP contribution in [-0.4, -0.2) is 42.8 Å². The van der Waals surface area contributed by atoms with Gasteiger partial charge in [-0.25, -0.2) is 9.59 Å². The second-order valence-electron chi connectivity index (χ2n) is 5.59. The molecule has 0 atom stereocenters. The van der Waals surface area contributed by atoms with Crippen molar-refractivity contribution < 1.29 is 19.1 Å². The van der Waals surface area contributed by atoms with Crippen molar-refractivity contribution in [3.05, 3.63) is 11.1 Å². The fraction of sp³-hybridized carbons (Fsp3) is 0.643. The molecule has 20 heavy (non-hydrogen) atoms. The fourth-order valence-corrected chi connectivity index (χ4v) is 1.93. The van der Waals surface area contributed by atoms with Crippen LogP contribution in [0.15, 0.2) is 11.1 Å². The molecule has 0 aromatic carbocycles. The largest absolute Gasteiger partial charge is 0.465 e. The van der Waals surface area contributed by atoms with Crippen molar-refractivity contribution in [2.75, 3.05) is 20.2 Å². The van der Waals surface area contributed by atoms with Gasteiger partial charge in [-0.3, -0.25) is 0 Å². The first-order chi connectivity index (χ1) is 9.28. The van der Waals surface area contributed by atoms with Gasteiger partial charge in [-0.2, -0.15) is 5.26 Å². The quantitative estimate of drug-likeness (QED) is 0.417. The average Bonchev–Trinajstić information content (AvgIpc) is 2.37. The third-order valence-corrected chi connectivity index (χ3v) is 2.79. The number of amides is 1. The lowest BCUT2D eigenvalue weighted by atomic mass is 10.00. The summed E-state index contributed by atoms with van der Waals surface area (Å²) in [6.07, 6.45) is 0.866. The maximum absolute atomic E-state index is 12.0. The summed E-state index contributed by atoms with van der Waals surface area (Å²) in [5.74, 6) is -0.659. The summed E-state index contributed by atoms with van der Waals surface area (Å²) >= 11 is 0. The van der Waals surface area contributed by atoms with Crippen molar-refractivity contribution in [2.45, 2.75) is 39.2 Å². The average molecular weight is 280 g/mol. The van der Waals surface area contributed by atoms with Gasteiger partial charge in [0.1, 0.15) is 17.2 Å². The highest BCUT2D eigenvalue weighted by Crippen LogP contribution is 2.21. The van der Waals surface area contributed by atoms with E-state index in [1.165, 1.54) is 12.0 Å². The normalized spacial score (nSPS) is 18.1. The highest BCUT2D eigenvalue weighted by Gasteiger charge is 2.27. The van der Waals surface area contributed by atoms with E-state index < -0.39 is 17.7 Å². The number of rotatable bonds is 1. The summed E-state index contributed by atoms with van der Waals surface area (Å²) < 4.78 is 9.87. The summed E-state index contributed by atoms with van der Waals surface area (Å²) in [5, 5.41) is 9.05. The van der Waals surface area contributed by atoms with E-state index in [1.54, 1.807) is 20.8 Å². The summed E-state index contributed by atoms with van der Waals surface area (Å²) in [5.41, 5.74) is 0.0379. The van der Waals surface area contributed by atoms with Gasteiger partial charge in [-0.1, -0.05) is 0 Å². The van der Waals surface area contributed by atoms with Crippen molar-refractivity contribution in [3.8, 4) is 6.07 Å². The second kappa shape index (κ2) is 6.42. The Morgan fingerprint density at radius 1 is 1.35 bits per heavy atom. The van der Waals surface area contributed by atoms with Gasteiger partial charge in [-0.05, 0) is 39.2 Å². The molecule has 0 spiro atoms. The molecule has 1 amide bonds. The molecule has 1 rings (SSSR count). The Kier molecular flexibility index (Phi) is 5.14. The van der Waals surface area contributed by atoms with Crippen LogP contribution >= 0.6 is 0 Å². The Balaban J connectivity index is 2.86. The predicted molar refractivity (Wildman–Crippen MR) is 71.7 cm³/mol. The maximum Gasteiger partial charge on any atom is 0.410 e. The highest BCUT2D eigenvalue weighted by molar-refractivity contribution is 5.93. The Morgan fingerprint density at radius 2 is 2.00 bits per heavy atom. The van der Waals surface area contributed by atoms with Gasteiger partial charge in [0, 0.05) is 13.1 Å². The number of methoxy groups -OCH3 is 1. The molecular formula is C14H20N2O4. The van der Waals surface area contributed by atoms with Crippen molar-refractivity contribution >= 4 is 12.1 Å². The first-order valence-electron chi connectivity index (χ1n) is 6.47. The maximum atomic E-state index is 12.0. The minimum atomic E-state index is -0.659. The van der Waals surface area contributed by atoms with E-state index in [0.717, 1.165) is 0 Å². The summed E-state index contributed by atoms with van der Waals surface area (Å²) in [4.78, 5) is 25.0. The molecule has 1 saturated heterocycles. The number of ether oxygens (including phenoxy) is 2. The van der Waals surface area contributed by atoms with Crippen LogP contribution in [0.25, 0.3) is 0 Å². The van der Waals surface area contributed by atoms with E-state index in [4.69, 9.17) is 10.00 Å². The molecule has 1 fully saturated rings. The van der Waals surface area contributed by atoms with E-state index in [9.17, 15) is 9.59 Å². The van der Waals surface area contributed by atoms with Gasteiger partial charge >= 0.3 is 12.1 Å². The van der Waals surface area contributed by atoms with Gasteiger partial charge in [0.25, 0.3) is 0 Å². The molecule has 1 aliphatic rings. The third-order valence-electron chi connectivity index (χ3n) is 2.79. The van der Waals surface area contributed by atoms with Crippen LogP contribution in [0, 0.1) is 11.3 Å². The molecule has 0 aromatic rings. The predicted octanol–water partition coefficient (Wildman–Crippen LogP) is 2.01. The van der Waals surface area contributed by atoms with Crippen molar-refractivity contribution in [2.24, 2.45) is 0 Å². The van der Waals surface area contributed by atoms with Crippen LogP contribution in [0.1, 0.15) is 33.6 Å². The lowest BCUT2D eigenvalue weighted by Crippen LogP contribution is -2.41. The fourth-order valence-electron chi connectivity index (χ4n) is 1.93. The molecule has 0 N–H and O–H groups in total. The van der Waals surface area contributed by atoms with Gasteiger partial charge in [0.05, 0.1) is 7.11 Å². The van der Waals surface area contributed by atoms with Crippen molar-refractivity contribution in [1.82, 2.24) is 4.90 Å². The van der Waals surface area contributed by atoms with E-state index in [0.29, 0.717) is 25.0 Å². The molecule has 6 heteroatoms. The number of nitrogens with zero attached hydrogens (tertiary/aromatic N) is 2. The number of carbonyl (C=O) groups excluding carboxylic acids is 2. The van der Waals surface area contributed by atoms with Gasteiger partial charge in [-0.15, -0.1) is 0 Å². The van der Waals surface area contributed by atoms with E-state index in [2.05, 4.69) is 4.74 Å². The first-order valence-corrected chi connectivity index (χ1v) is 6.47. The zero-order chi connectivity index (χ0) is 15.3. The molecule has 0 saturated carbocycles. The third kappa shape index (κ3) is 4.26. The Bertz CT molecular complexity index is 469. The van der Waals surface area contributed by atoms with Gasteiger partial charge in [0.15, 0.2) is 0 Å². The van der Waals surface area contributed by atoms with Crippen LogP contribution in [0.2, 0.25) is 0 Å². The Labute approximate surface area is 118 Å². The number of likely N-dealkylation sites (tertiary alicyclic amines) is 1. The molecule has 0 aliphatic carbocycles. The molecule has 110 valence electrons. The number of hydrogen-bond donors (Lipinski definition) is 0. The van der Waals surface area contributed by atoms with Gasteiger partial charge in [0.2, 0.25) is 0 Å². The van der Waals surface area contributed by atoms with Crippen LogP contribution < -0.4 is 0 Å². The zero-order valence-electron chi connectivity index (χ0n) is 12.4. The standard InChI is InChI=1S/C14H20N2O4/c1-14(2,3)20-13(18)16-7-5-6-10(9-16)11(8-15)12(17)19-4/h5-7,9H2,1-4H3. The number of carbonyl (C=O) groups is 2. The topological polar surface area (TPSA) is 79.6 Å². The van der Waals surface area contributed by atoms with Crippen LogP contribution in [0.5, 0.6) is 0 Å². The molecule has 0 unspecified atom stereocenters. The van der Waals surface area contributed by atoms with Gasteiger partial charge < -0.3 is 14.4 Å². The van der Waals surface area contributed by atoms with Crippen LogP contribution in [0.3, 0.4) is 0 Å². The van der Waals surface area contributed by atoms with E-state index in [-0.39, 0.29) is 12.1 Å². The number of esters is 1. The van der Waals surface area contributed by atoms with Crippen molar-refractivity contribution in [3.63, 3.8) is 0 Å². The molecule has 0 aromatic heterocycles. The lowest BCUT2D eigenvalue weighted by molar-refractivity contribution is -0.135. The van der Waals surface area contributed by atoms with Crippen molar-refractivity contribution in [1.29, 1.82) is 5.26 Å². The minimum Gasteiger partial charge on any atom is -0.465 e. The summed E-state index contributed by atoms with van der Waals surface area (Å²) in [7, 11) is 1.23. The van der Waals surface area contributed by atoms with Crippen LogP contribution in [-0.2, 0) is 14.3 Å². The Morgan fingerprint density at radius 3 is 2.50 bits per heavy atom. The molecular weight excluding hydrogens is 260 g/mol.